The van der Waals surface area contributed by atoms with Crippen molar-refractivity contribution in [2.75, 3.05) is 0 Å². The van der Waals surface area contributed by atoms with Gasteiger partial charge >= 0.3 is 238 Å². The summed E-state index contributed by atoms with van der Waals surface area (Å²) in [5, 5.41) is 4.50. The van der Waals surface area contributed by atoms with Gasteiger partial charge in [-0.25, -0.2) is 0 Å². The van der Waals surface area contributed by atoms with Crippen molar-refractivity contribution in [3.8, 4) is 0 Å². The third kappa shape index (κ3) is 4.95. The molecule has 0 aromatic heterocycles. The molecule has 0 N–H and O–H groups in total. The summed E-state index contributed by atoms with van der Waals surface area (Å²) in [4.78, 5) is 14.4. The number of rotatable bonds is 10. The maximum absolute atomic E-state index is 14.4. The monoisotopic (exact) mass is 568 g/mol. The Bertz CT molecular complexity index is 1360. The standard InChI is InChI=1S/C33H37O3PSi2/c1-33(2,32(35-38-3)36-39-4)29-21-20-24-22-31(30(34)23-28(24)29)37(25-14-8-5-9-15-25,26-16-10-6-11-17-26)27-18-12-7-13-19-27/h5-23,32,37H,38-39H2,1-4H3. The number of hydrogen-bond donors (Lipinski definition) is 0. The van der Waals surface area contributed by atoms with Crippen molar-refractivity contribution in [2.24, 2.45) is 5.41 Å². The molecule has 0 amide bonds. The second kappa shape index (κ2) is 11.7. The van der Waals surface area contributed by atoms with Crippen molar-refractivity contribution in [3.05, 3.63) is 137 Å². The molecule has 0 radical (unpaired) electrons. The van der Waals surface area contributed by atoms with E-state index in [2.05, 4.69) is 118 Å². The van der Waals surface area contributed by atoms with Crippen LogP contribution in [-0.4, -0.2) is 31.6 Å². The molecular formula is C33H37O3PSi2. The van der Waals surface area contributed by atoms with Gasteiger partial charge in [0.1, 0.15) is 0 Å². The van der Waals surface area contributed by atoms with Crippen molar-refractivity contribution in [1.29, 1.82) is 0 Å². The van der Waals surface area contributed by atoms with Gasteiger partial charge in [-0.2, -0.15) is 0 Å². The Morgan fingerprint density at radius 3 is 1.59 bits per heavy atom. The summed E-state index contributed by atoms with van der Waals surface area (Å²) in [5.74, 6) is 0.0853. The van der Waals surface area contributed by atoms with Crippen LogP contribution in [0.25, 0.3) is 0 Å². The SMILES string of the molecule is C[SiH2]OC(O[SiH2]C)C(C)(C)C1=CC=C2C=C([PH](c3ccccc3)(c3ccccc3)c3ccccc3)C(=O)C=C21. The van der Waals surface area contributed by atoms with Crippen LogP contribution >= 0.6 is 7.26 Å². The first-order valence-corrected chi connectivity index (χ1v) is 19.7. The molecule has 3 aromatic rings. The molecule has 0 atom stereocenters. The average molecular weight is 569 g/mol. The van der Waals surface area contributed by atoms with Gasteiger partial charge in [0.2, 0.25) is 0 Å². The van der Waals surface area contributed by atoms with Crippen molar-refractivity contribution in [3.63, 3.8) is 0 Å². The van der Waals surface area contributed by atoms with E-state index in [0.717, 1.165) is 22.0 Å². The van der Waals surface area contributed by atoms with Crippen LogP contribution in [0.15, 0.2) is 137 Å². The normalized spacial score (nSPS) is 17.2. The second-order valence-electron chi connectivity index (χ2n) is 10.5. The zero-order chi connectivity index (χ0) is 27.5. The summed E-state index contributed by atoms with van der Waals surface area (Å²) in [5.41, 5.74) is 2.84. The summed E-state index contributed by atoms with van der Waals surface area (Å²) in [6.07, 6.45) is 8.11. The fourth-order valence-corrected chi connectivity index (χ4v) is 12.7. The van der Waals surface area contributed by atoms with E-state index in [9.17, 15) is 4.79 Å². The Morgan fingerprint density at radius 1 is 0.692 bits per heavy atom. The van der Waals surface area contributed by atoms with Crippen LogP contribution in [0, 0.1) is 5.41 Å². The molecule has 0 unspecified atom stereocenters. The number of hydrogen-bond acceptors (Lipinski definition) is 3. The van der Waals surface area contributed by atoms with Gasteiger partial charge in [-0.3, -0.25) is 0 Å². The Labute approximate surface area is 237 Å². The molecule has 0 fully saturated rings. The molecule has 0 saturated heterocycles. The van der Waals surface area contributed by atoms with Crippen molar-refractivity contribution in [1.82, 2.24) is 0 Å². The van der Waals surface area contributed by atoms with Crippen molar-refractivity contribution < 1.29 is 13.6 Å². The molecule has 39 heavy (non-hydrogen) atoms. The van der Waals surface area contributed by atoms with E-state index >= 15 is 0 Å². The summed E-state index contributed by atoms with van der Waals surface area (Å²) >= 11 is 0. The molecule has 3 aromatic carbocycles. The van der Waals surface area contributed by atoms with Crippen LogP contribution in [0.4, 0.5) is 0 Å². The summed E-state index contributed by atoms with van der Waals surface area (Å²) in [7, 11) is -4.21. The molecule has 0 bridgehead atoms. The fraction of sp³-hybridized carbons (Fsp3) is 0.182. The van der Waals surface area contributed by atoms with E-state index in [0.29, 0.717) is 0 Å². The number of ketones is 1. The van der Waals surface area contributed by atoms with Crippen LogP contribution in [-0.2, 0) is 13.6 Å². The third-order valence-corrected chi connectivity index (χ3v) is 13.9. The van der Waals surface area contributed by atoms with Gasteiger partial charge in [0.05, 0.1) is 0 Å². The molecule has 0 aliphatic heterocycles. The average Bonchev–Trinajstić information content (AvgIpc) is 3.39. The molecule has 6 heteroatoms. The first kappa shape index (κ1) is 27.6. The minimum atomic E-state index is -2.90. The number of carbonyl (C=O) groups excluding carboxylic acids is 1. The van der Waals surface area contributed by atoms with E-state index in [4.69, 9.17) is 8.85 Å². The van der Waals surface area contributed by atoms with Crippen molar-refractivity contribution in [2.45, 2.75) is 33.2 Å². The Balaban J connectivity index is 1.67. The van der Waals surface area contributed by atoms with Gasteiger partial charge in [-0.05, 0) is 0 Å². The number of allylic oxidation sites excluding steroid dienone is 7. The van der Waals surface area contributed by atoms with Crippen LogP contribution in [0.5, 0.6) is 0 Å². The molecule has 2 aliphatic carbocycles. The predicted molar refractivity (Wildman–Crippen MR) is 172 cm³/mol. The second-order valence-corrected chi connectivity index (χ2v) is 16.1. The van der Waals surface area contributed by atoms with Gasteiger partial charge in [-0.1, -0.05) is 0 Å². The molecule has 5 rings (SSSR count). The Kier molecular flexibility index (Phi) is 8.27. The molecule has 3 nitrogen and oxygen atoms in total. The number of fused-ring (bicyclic) bond motifs is 1. The summed E-state index contributed by atoms with van der Waals surface area (Å²) in [6.45, 7) is 8.62. The topological polar surface area (TPSA) is 35.5 Å². The third-order valence-electron chi connectivity index (χ3n) is 7.82. The van der Waals surface area contributed by atoms with E-state index in [1.54, 1.807) is 0 Å². The van der Waals surface area contributed by atoms with Gasteiger partial charge in [0.25, 0.3) is 0 Å². The van der Waals surface area contributed by atoms with E-state index in [-0.39, 0.29) is 17.5 Å². The van der Waals surface area contributed by atoms with Gasteiger partial charge in [0.15, 0.2) is 0 Å². The summed E-state index contributed by atoms with van der Waals surface area (Å²) < 4.78 is 12.4. The van der Waals surface area contributed by atoms with E-state index in [1.165, 1.54) is 15.9 Å². The molecule has 0 heterocycles. The van der Waals surface area contributed by atoms with Gasteiger partial charge in [0, 0.05) is 0 Å². The van der Waals surface area contributed by atoms with Crippen LogP contribution in [0.3, 0.4) is 0 Å². The fourth-order valence-electron chi connectivity index (χ4n) is 6.01. The van der Waals surface area contributed by atoms with Crippen LogP contribution < -0.4 is 15.9 Å². The molecule has 200 valence electrons. The van der Waals surface area contributed by atoms with E-state index in [1.807, 2.05) is 24.3 Å². The Hall–Kier alpha value is -2.93. The molecule has 2 aliphatic rings. The number of carbonyl (C=O) groups is 1. The summed E-state index contributed by atoms with van der Waals surface area (Å²) in [6, 6.07) is 31.8. The minimum absolute atomic E-state index is 0.0853. The number of benzene rings is 3. The molecular weight excluding hydrogens is 532 g/mol. The molecule has 0 saturated carbocycles. The first-order valence-electron chi connectivity index (χ1n) is 13.8. The Morgan fingerprint density at radius 2 is 1.15 bits per heavy atom. The van der Waals surface area contributed by atoms with Crippen molar-refractivity contribution >= 4 is 48.5 Å². The quantitative estimate of drug-likeness (QED) is 0.203. The zero-order valence-corrected chi connectivity index (χ0v) is 27.0. The predicted octanol–water partition coefficient (Wildman–Crippen LogP) is 4.62. The first-order chi connectivity index (χ1) is 18.9. The van der Waals surface area contributed by atoms with E-state index < -0.39 is 26.8 Å². The van der Waals surface area contributed by atoms with Crippen LogP contribution in [0.1, 0.15) is 13.8 Å². The van der Waals surface area contributed by atoms with Gasteiger partial charge in [-0.15, -0.1) is 0 Å². The van der Waals surface area contributed by atoms with Crippen LogP contribution in [0.2, 0.25) is 13.1 Å². The molecule has 0 spiro atoms. The van der Waals surface area contributed by atoms with Gasteiger partial charge < -0.3 is 0 Å². The maximum atomic E-state index is 14.4. The zero-order valence-electron chi connectivity index (χ0n) is 23.2.